The molecule has 2 N–H and O–H groups in total. The number of phenolic OH excluding ortho intramolecular Hbond substituents is 1. The molecule has 0 amide bonds. The summed E-state index contributed by atoms with van der Waals surface area (Å²) in [5.41, 5.74) is 4.38. The molecule has 3 nitrogen and oxygen atoms in total. The number of hydrogen-bond donors (Lipinski definition) is 2. The standard InChI is InChI=1S/C15H16N2O/c1-16-14-7-8-15-12(14)5-6-13(17-15)10-3-2-4-11(18)9-10/h2-6,9,14,16,18H,7-8H2,1H3. The van der Waals surface area contributed by atoms with Crippen LogP contribution in [0.3, 0.4) is 0 Å². The Morgan fingerprint density at radius 2 is 2.17 bits per heavy atom. The first-order valence-corrected chi connectivity index (χ1v) is 6.24. The van der Waals surface area contributed by atoms with E-state index in [1.54, 1.807) is 12.1 Å². The zero-order chi connectivity index (χ0) is 12.5. The Kier molecular flexibility index (Phi) is 2.76. The van der Waals surface area contributed by atoms with Crippen LogP contribution < -0.4 is 5.32 Å². The van der Waals surface area contributed by atoms with Crippen LogP contribution in [0.25, 0.3) is 11.3 Å². The lowest BCUT2D eigenvalue weighted by Crippen LogP contribution is -2.12. The number of phenols is 1. The number of pyridine rings is 1. The molecule has 1 aliphatic rings. The van der Waals surface area contributed by atoms with Gasteiger partial charge in [0.05, 0.1) is 5.69 Å². The first kappa shape index (κ1) is 11.2. The molecule has 1 aliphatic carbocycles. The molecule has 0 spiro atoms. The van der Waals surface area contributed by atoms with E-state index in [1.165, 1.54) is 11.3 Å². The maximum absolute atomic E-state index is 9.51. The number of benzene rings is 1. The van der Waals surface area contributed by atoms with Crippen LogP contribution in [-0.4, -0.2) is 17.1 Å². The largest absolute Gasteiger partial charge is 0.508 e. The number of rotatable bonds is 2. The van der Waals surface area contributed by atoms with Gasteiger partial charge in [0, 0.05) is 17.3 Å². The van der Waals surface area contributed by atoms with Gasteiger partial charge in [0.15, 0.2) is 0 Å². The van der Waals surface area contributed by atoms with E-state index in [0.717, 1.165) is 24.1 Å². The second kappa shape index (κ2) is 4.42. The van der Waals surface area contributed by atoms with Gasteiger partial charge < -0.3 is 10.4 Å². The smallest absolute Gasteiger partial charge is 0.116 e. The van der Waals surface area contributed by atoms with E-state index >= 15 is 0 Å². The van der Waals surface area contributed by atoms with Crippen molar-refractivity contribution in [3.05, 3.63) is 47.7 Å². The molecule has 1 aromatic heterocycles. The average Bonchev–Trinajstić information content (AvgIpc) is 2.80. The molecular formula is C15H16N2O. The molecule has 2 aromatic rings. The van der Waals surface area contributed by atoms with Crippen molar-refractivity contribution in [3.8, 4) is 17.0 Å². The van der Waals surface area contributed by atoms with Crippen LogP contribution in [0.15, 0.2) is 36.4 Å². The van der Waals surface area contributed by atoms with Crippen LogP contribution >= 0.6 is 0 Å². The van der Waals surface area contributed by atoms with Gasteiger partial charge in [-0.2, -0.15) is 0 Å². The van der Waals surface area contributed by atoms with E-state index in [1.807, 2.05) is 25.2 Å². The Bertz CT molecular complexity index is 580. The summed E-state index contributed by atoms with van der Waals surface area (Å²) in [6, 6.07) is 11.9. The van der Waals surface area contributed by atoms with Crippen molar-refractivity contribution in [2.45, 2.75) is 18.9 Å². The highest BCUT2D eigenvalue weighted by atomic mass is 16.3. The predicted octanol–water partition coefficient (Wildman–Crippen LogP) is 2.66. The molecule has 1 unspecified atom stereocenters. The van der Waals surface area contributed by atoms with Gasteiger partial charge in [-0.05, 0) is 43.7 Å². The van der Waals surface area contributed by atoms with Crippen molar-refractivity contribution in [1.82, 2.24) is 10.3 Å². The molecule has 3 rings (SSSR count). The predicted molar refractivity (Wildman–Crippen MR) is 71.5 cm³/mol. The van der Waals surface area contributed by atoms with E-state index in [4.69, 9.17) is 4.98 Å². The van der Waals surface area contributed by atoms with Gasteiger partial charge in [0.2, 0.25) is 0 Å². The van der Waals surface area contributed by atoms with E-state index in [0.29, 0.717) is 6.04 Å². The zero-order valence-corrected chi connectivity index (χ0v) is 10.4. The van der Waals surface area contributed by atoms with Gasteiger partial charge in [0.25, 0.3) is 0 Å². The van der Waals surface area contributed by atoms with Crippen molar-refractivity contribution < 1.29 is 5.11 Å². The van der Waals surface area contributed by atoms with Gasteiger partial charge in [-0.15, -0.1) is 0 Å². The summed E-state index contributed by atoms with van der Waals surface area (Å²) in [5, 5.41) is 12.8. The minimum atomic E-state index is 0.280. The fourth-order valence-electron chi connectivity index (χ4n) is 2.59. The highest BCUT2D eigenvalue weighted by Gasteiger charge is 2.22. The molecule has 1 atom stereocenters. The van der Waals surface area contributed by atoms with Gasteiger partial charge in [-0.25, -0.2) is 0 Å². The number of hydrogen-bond acceptors (Lipinski definition) is 3. The maximum Gasteiger partial charge on any atom is 0.116 e. The number of aromatic nitrogens is 1. The number of nitrogens with one attached hydrogen (secondary N) is 1. The second-order valence-electron chi connectivity index (χ2n) is 4.66. The Balaban J connectivity index is 2.01. The van der Waals surface area contributed by atoms with E-state index in [2.05, 4.69) is 11.4 Å². The third-order valence-electron chi connectivity index (χ3n) is 3.55. The quantitative estimate of drug-likeness (QED) is 0.848. The molecule has 3 heteroatoms. The topological polar surface area (TPSA) is 45.2 Å². The van der Waals surface area contributed by atoms with Crippen LogP contribution in [-0.2, 0) is 6.42 Å². The summed E-state index contributed by atoms with van der Waals surface area (Å²) in [5.74, 6) is 0.280. The van der Waals surface area contributed by atoms with Crippen molar-refractivity contribution in [2.75, 3.05) is 7.05 Å². The maximum atomic E-state index is 9.51. The van der Waals surface area contributed by atoms with Crippen LogP contribution in [0.2, 0.25) is 0 Å². The van der Waals surface area contributed by atoms with E-state index < -0.39 is 0 Å². The zero-order valence-electron chi connectivity index (χ0n) is 10.4. The second-order valence-corrected chi connectivity index (χ2v) is 4.66. The summed E-state index contributed by atoms with van der Waals surface area (Å²) in [6.07, 6.45) is 2.13. The molecule has 0 radical (unpaired) electrons. The van der Waals surface area contributed by atoms with Crippen molar-refractivity contribution in [2.24, 2.45) is 0 Å². The van der Waals surface area contributed by atoms with E-state index in [-0.39, 0.29) is 5.75 Å². The van der Waals surface area contributed by atoms with E-state index in [9.17, 15) is 5.11 Å². The fraction of sp³-hybridized carbons (Fsp3) is 0.267. The molecule has 1 heterocycles. The van der Waals surface area contributed by atoms with Crippen LogP contribution in [0.5, 0.6) is 5.75 Å². The highest BCUT2D eigenvalue weighted by molar-refractivity contribution is 5.61. The summed E-state index contributed by atoms with van der Waals surface area (Å²) < 4.78 is 0. The first-order valence-electron chi connectivity index (χ1n) is 6.24. The summed E-state index contributed by atoms with van der Waals surface area (Å²) in [4.78, 5) is 4.71. The van der Waals surface area contributed by atoms with Gasteiger partial charge in [-0.1, -0.05) is 18.2 Å². The van der Waals surface area contributed by atoms with Gasteiger partial charge in [-0.3, -0.25) is 4.98 Å². The number of aryl methyl sites for hydroxylation is 1. The van der Waals surface area contributed by atoms with Crippen molar-refractivity contribution in [3.63, 3.8) is 0 Å². The molecule has 92 valence electrons. The Labute approximate surface area is 107 Å². The molecule has 0 bridgehead atoms. The molecule has 0 saturated carbocycles. The lowest BCUT2D eigenvalue weighted by atomic mass is 10.1. The number of fused-ring (bicyclic) bond motifs is 1. The van der Waals surface area contributed by atoms with Gasteiger partial charge >= 0.3 is 0 Å². The Hall–Kier alpha value is -1.87. The monoisotopic (exact) mass is 240 g/mol. The summed E-state index contributed by atoms with van der Waals surface area (Å²) in [6.45, 7) is 0. The molecule has 1 aromatic carbocycles. The number of aromatic hydroxyl groups is 1. The van der Waals surface area contributed by atoms with Crippen LogP contribution in [0.4, 0.5) is 0 Å². The first-order chi connectivity index (χ1) is 8.78. The molecule has 18 heavy (non-hydrogen) atoms. The third kappa shape index (κ3) is 1.87. The lowest BCUT2D eigenvalue weighted by molar-refractivity contribution is 0.475. The minimum absolute atomic E-state index is 0.280. The molecular weight excluding hydrogens is 224 g/mol. The van der Waals surface area contributed by atoms with Crippen molar-refractivity contribution in [1.29, 1.82) is 0 Å². The molecule has 0 saturated heterocycles. The van der Waals surface area contributed by atoms with Crippen LogP contribution in [0.1, 0.15) is 23.7 Å². The normalized spacial score (nSPS) is 17.7. The third-order valence-corrected chi connectivity index (χ3v) is 3.55. The van der Waals surface area contributed by atoms with Crippen molar-refractivity contribution >= 4 is 0 Å². The summed E-state index contributed by atoms with van der Waals surface area (Å²) >= 11 is 0. The molecule has 0 fully saturated rings. The average molecular weight is 240 g/mol. The fourth-order valence-corrected chi connectivity index (χ4v) is 2.59. The Morgan fingerprint density at radius 3 is 2.94 bits per heavy atom. The highest BCUT2D eigenvalue weighted by Crippen LogP contribution is 2.32. The summed E-state index contributed by atoms with van der Waals surface area (Å²) in [7, 11) is 1.99. The molecule has 0 aliphatic heterocycles. The lowest BCUT2D eigenvalue weighted by Gasteiger charge is -2.10. The SMILES string of the molecule is CNC1CCc2nc(-c3cccc(O)c3)ccc21. The Morgan fingerprint density at radius 1 is 1.28 bits per heavy atom. The van der Waals surface area contributed by atoms with Gasteiger partial charge in [0.1, 0.15) is 5.75 Å². The van der Waals surface area contributed by atoms with Crippen LogP contribution in [0, 0.1) is 0 Å². The number of nitrogens with zero attached hydrogens (tertiary/aromatic N) is 1. The minimum Gasteiger partial charge on any atom is -0.508 e.